The Balaban J connectivity index is 2.11. The number of para-hydroxylation sites is 1. The van der Waals surface area contributed by atoms with Gasteiger partial charge in [0.05, 0.1) is 11.6 Å². The molecule has 0 amide bonds. The average Bonchev–Trinajstić information content (AvgIpc) is 2.49. The second-order valence-electron chi connectivity index (χ2n) is 4.45. The van der Waals surface area contributed by atoms with Gasteiger partial charge in [0.15, 0.2) is 0 Å². The topological polar surface area (TPSA) is 30.5 Å². The van der Waals surface area contributed by atoms with E-state index < -0.39 is 0 Å². The minimum atomic E-state index is 0.580. The summed E-state index contributed by atoms with van der Waals surface area (Å²) in [5, 5.41) is 4.53. The summed E-state index contributed by atoms with van der Waals surface area (Å²) in [6.45, 7) is 2.09. The summed E-state index contributed by atoms with van der Waals surface area (Å²) in [4.78, 5) is 0. The van der Waals surface area contributed by atoms with Gasteiger partial charge in [-0.15, -0.1) is 0 Å². The van der Waals surface area contributed by atoms with Gasteiger partial charge in [-0.05, 0) is 30.3 Å². The van der Waals surface area contributed by atoms with Gasteiger partial charge in [-0.1, -0.05) is 35.3 Å². The molecule has 21 heavy (non-hydrogen) atoms. The van der Waals surface area contributed by atoms with Gasteiger partial charge in [-0.2, -0.15) is 0 Å². The van der Waals surface area contributed by atoms with Crippen LogP contribution in [0.3, 0.4) is 0 Å². The van der Waals surface area contributed by atoms with Gasteiger partial charge in [0.2, 0.25) is 0 Å². The fourth-order valence-electron chi connectivity index (χ4n) is 1.82. The van der Waals surface area contributed by atoms with Gasteiger partial charge in [0, 0.05) is 30.8 Å². The molecule has 112 valence electrons. The van der Waals surface area contributed by atoms with Crippen LogP contribution in [0.25, 0.3) is 0 Å². The van der Waals surface area contributed by atoms with Crippen LogP contribution in [-0.2, 0) is 11.3 Å². The van der Waals surface area contributed by atoms with E-state index in [0.717, 1.165) is 12.1 Å². The molecular formula is C16H17Cl2NO2. The van der Waals surface area contributed by atoms with Crippen molar-refractivity contribution in [2.75, 3.05) is 20.3 Å². The number of methoxy groups -OCH3 is 1. The van der Waals surface area contributed by atoms with Gasteiger partial charge in [-0.3, -0.25) is 0 Å². The molecule has 0 aliphatic carbocycles. The van der Waals surface area contributed by atoms with Crippen molar-refractivity contribution in [3.05, 3.63) is 58.1 Å². The van der Waals surface area contributed by atoms with E-state index >= 15 is 0 Å². The van der Waals surface area contributed by atoms with Crippen molar-refractivity contribution in [2.45, 2.75) is 6.54 Å². The Morgan fingerprint density at radius 3 is 2.52 bits per heavy atom. The van der Waals surface area contributed by atoms with E-state index in [1.807, 2.05) is 30.3 Å². The first-order chi connectivity index (χ1) is 10.2. The molecule has 1 N–H and O–H groups in total. The van der Waals surface area contributed by atoms with Crippen molar-refractivity contribution in [3.8, 4) is 11.5 Å². The van der Waals surface area contributed by atoms with Crippen LogP contribution in [0.5, 0.6) is 11.5 Å². The van der Waals surface area contributed by atoms with Gasteiger partial charge in [-0.25, -0.2) is 0 Å². The smallest absolute Gasteiger partial charge is 0.150 e. The van der Waals surface area contributed by atoms with Crippen molar-refractivity contribution in [3.63, 3.8) is 0 Å². The molecule has 2 rings (SSSR count). The van der Waals surface area contributed by atoms with Crippen molar-refractivity contribution < 1.29 is 9.47 Å². The van der Waals surface area contributed by atoms with Gasteiger partial charge in [0.25, 0.3) is 0 Å². The SMILES string of the molecule is COCCNCc1cccc(Cl)c1Oc1ccc(Cl)cc1. The molecule has 3 nitrogen and oxygen atoms in total. The third-order valence-corrected chi connectivity index (χ3v) is 3.43. The summed E-state index contributed by atoms with van der Waals surface area (Å²) in [5.41, 5.74) is 0.994. The van der Waals surface area contributed by atoms with Crippen LogP contribution >= 0.6 is 23.2 Å². The van der Waals surface area contributed by atoms with E-state index in [2.05, 4.69) is 5.32 Å². The fraction of sp³-hybridized carbons (Fsp3) is 0.250. The quantitative estimate of drug-likeness (QED) is 0.759. The van der Waals surface area contributed by atoms with E-state index in [-0.39, 0.29) is 0 Å². The molecule has 0 fully saturated rings. The number of halogens is 2. The largest absolute Gasteiger partial charge is 0.455 e. The maximum Gasteiger partial charge on any atom is 0.150 e. The van der Waals surface area contributed by atoms with Crippen LogP contribution < -0.4 is 10.1 Å². The number of hydrogen-bond donors (Lipinski definition) is 1. The molecule has 0 aliphatic rings. The molecular weight excluding hydrogens is 309 g/mol. The van der Waals surface area contributed by atoms with Gasteiger partial charge in [0.1, 0.15) is 11.5 Å². The summed E-state index contributed by atoms with van der Waals surface area (Å²) >= 11 is 12.1. The van der Waals surface area contributed by atoms with E-state index in [1.165, 1.54) is 0 Å². The third-order valence-electron chi connectivity index (χ3n) is 2.88. The van der Waals surface area contributed by atoms with Crippen LogP contribution in [0.2, 0.25) is 10.0 Å². The Morgan fingerprint density at radius 2 is 1.81 bits per heavy atom. The first kappa shape index (κ1) is 16.1. The summed E-state index contributed by atoms with van der Waals surface area (Å²) < 4.78 is 10.9. The molecule has 0 aliphatic heterocycles. The number of hydrogen-bond acceptors (Lipinski definition) is 3. The number of benzene rings is 2. The second-order valence-corrected chi connectivity index (χ2v) is 5.30. The number of nitrogens with one attached hydrogen (secondary N) is 1. The highest BCUT2D eigenvalue weighted by Gasteiger charge is 2.09. The first-order valence-electron chi connectivity index (χ1n) is 6.61. The predicted molar refractivity (Wildman–Crippen MR) is 86.6 cm³/mol. The minimum absolute atomic E-state index is 0.580. The molecule has 0 radical (unpaired) electrons. The van der Waals surface area contributed by atoms with Crippen molar-refractivity contribution in [1.29, 1.82) is 0 Å². The highest BCUT2D eigenvalue weighted by Crippen LogP contribution is 2.33. The van der Waals surface area contributed by atoms with Crippen LogP contribution in [-0.4, -0.2) is 20.3 Å². The van der Waals surface area contributed by atoms with Gasteiger partial charge < -0.3 is 14.8 Å². The Morgan fingerprint density at radius 1 is 1.05 bits per heavy atom. The fourth-order valence-corrected chi connectivity index (χ4v) is 2.18. The second kappa shape index (κ2) is 8.25. The lowest BCUT2D eigenvalue weighted by atomic mass is 10.2. The molecule has 5 heteroatoms. The lowest BCUT2D eigenvalue weighted by molar-refractivity contribution is 0.199. The molecule has 0 aromatic heterocycles. The average molecular weight is 326 g/mol. The minimum Gasteiger partial charge on any atom is -0.455 e. The zero-order chi connectivity index (χ0) is 15.1. The third kappa shape index (κ3) is 4.90. The Hall–Kier alpha value is -1.26. The van der Waals surface area contributed by atoms with Gasteiger partial charge >= 0.3 is 0 Å². The van der Waals surface area contributed by atoms with Crippen LogP contribution in [0.4, 0.5) is 0 Å². The molecule has 0 spiro atoms. The summed E-state index contributed by atoms with van der Waals surface area (Å²) in [6, 6.07) is 12.9. The number of ether oxygens (including phenoxy) is 2. The Labute approximate surface area is 134 Å². The normalized spacial score (nSPS) is 10.6. The number of rotatable bonds is 7. The highest BCUT2D eigenvalue weighted by molar-refractivity contribution is 6.32. The molecule has 2 aromatic carbocycles. The molecule has 2 aromatic rings. The van der Waals surface area contributed by atoms with E-state index in [1.54, 1.807) is 19.2 Å². The lowest BCUT2D eigenvalue weighted by Crippen LogP contribution is -2.18. The van der Waals surface area contributed by atoms with E-state index in [9.17, 15) is 0 Å². The van der Waals surface area contributed by atoms with Crippen molar-refractivity contribution in [1.82, 2.24) is 5.32 Å². The molecule has 0 bridgehead atoms. The Bertz CT molecular complexity index is 573. The molecule has 0 saturated heterocycles. The Kier molecular flexibility index (Phi) is 6.33. The zero-order valence-corrected chi connectivity index (χ0v) is 13.2. The summed E-state index contributed by atoms with van der Waals surface area (Å²) in [7, 11) is 1.68. The molecule has 0 heterocycles. The maximum absolute atomic E-state index is 6.25. The first-order valence-corrected chi connectivity index (χ1v) is 7.37. The predicted octanol–water partition coefficient (Wildman–Crippen LogP) is 4.52. The van der Waals surface area contributed by atoms with E-state index in [0.29, 0.717) is 34.7 Å². The zero-order valence-electron chi connectivity index (χ0n) is 11.7. The molecule has 0 atom stereocenters. The van der Waals surface area contributed by atoms with Crippen LogP contribution in [0, 0.1) is 0 Å². The molecule has 0 unspecified atom stereocenters. The maximum atomic E-state index is 6.25. The lowest BCUT2D eigenvalue weighted by Gasteiger charge is -2.13. The van der Waals surface area contributed by atoms with Crippen molar-refractivity contribution in [2.24, 2.45) is 0 Å². The van der Waals surface area contributed by atoms with E-state index in [4.69, 9.17) is 32.7 Å². The van der Waals surface area contributed by atoms with Crippen LogP contribution in [0.1, 0.15) is 5.56 Å². The monoisotopic (exact) mass is 325 g/mol. The highest BCUT2D eigenvalue weighted by atomic mass is 35.5. The molecule has 0 saturated carbocycles. The summed E-state index contributed by atoms with van der Waals surface area (Å²) in [6.07, 6.45) is 0. The summed E-state index contributed by atoms with van der Waals surface area (Å²) in [5.74, 6) is 1.36. The standard InChI is InChI=1S/C16H17Cl2NO2/c1-20-10-9-19-11-12-3-2-4-15(18)16(12)21-14-7-5-13(17)6-8-14/h2-8,19H,9-11H2,1H3. The van der Waals surface area contributed by atoms with Crippen LogP contribution in [0.15, 0.2) is 42.5 Å². The van der Waals surface area contributed by atoms with Crippen molar-refractivity contribution >= 4 is 23.2 Å².